The van der Waals surface area contributed by atoms with E-state index in [1.54, 1.807) is 6.92 Å². The number of nitrogens with zero attached hydrogens (tertiary/aromatic N) is 3. The fraction of sp³-hybridized carbons (Fsp3) is 0.278. The molecular formula is C18H20N4O7S. The van der Waals surface area contributed by atoms with Crippen LogP contribution in [0.4, 0.5) is 22.7 Å². The molecule has 2 rings (SSSR count). The predicted octanol–water partition coefficient (Wildman–Crippen LogP) is 2.91. The Hall–Kier alpha value is -3.54. The van der Waals surface area contributed by atoms with Gasteiger partial charge in [0.15, 0.2) is 0 Å². The first-order valence-corrected chi connectivity index (χ1v) is 10.5. The number of non-ortho nitro benzene ring substituents is 1. The zero-order chi connectivity index (χ0) is 22.8. The van der Waals surface area contributed by atoms with Gasteiger partial charge in [0.1, 0.15) is 6.04 Å². The molecule has 0 spiro atoms. The van der Waals surface area contributed by atoms with Crippen LogP contribution < -0.4 is 9.62 Å². The zero-order valence-electron chi connectivity index (χ0n) is 16.6. The molecule has 160 valence electrons. The lowest BCUT2D eigenvalue weighted by atomic mass is 10.1. The fourth-order valence-electron chi connectivity index (χ4n) is 2.92. The Kier molecular flexibility index (Phi) is 6.41. The monoisotopic (exact) mass is 436 g/mol. The molecule has 2 aromatic rings. The number of amides is 1. The highest BCUT2D eigenvalue weighted by Crippen LogP contribution is 2.30. The van der Waals surface area contributed by atoms with Crippen LogP contribution in [0.15, 0.2) is 36.4 Å². The lowest BCUT2D eigenvalue weighted by Crippen LogP contribution is -2.45. The van der Waals surface area contributed by atoms with Crippen LogP contribution >= 0.6 is 0 Å². The minimum atomic E-state index is -4.01. The Labute approximate surface area is 172 Å². The van der Waals surface area contributed by atoms with Gasteiger partial charge in [-0.05, 0) is 32.4 Å². The van der Waals surface area contributed by atoms with Gasteiger partial charge in [-0.15, -0.1) is 0 Å². The third-order valence-corrected chi connectivity index (χ3v) is 5.72. The van der Waals surface area contributed by atoms with Crippen LogP contribution in [0.25, 0.3) is 0 Å². The summed E-state index contributed by atoms with van der Waals surface area (Å²) in [6.07, 6.45) is 0.883. The van der Waals surface area contributed by atoms with Gasteiger partial charge in [-0.2, -0.15) is 0 Å². The third-order valence-electron chi connectivity index (χ3n) is 4.49. The molecule has 30 heavy (non-hydrogen) atoms. The molecule has 0 bridgehead atoms. The van der Waals surface area contributed by atoms with E-state index < -0.39 is 31.8 Å². The lowest BCUT2D eigenvalue weighted by Gasteiger charge is -2.29. The first-order valence-electron chi connectivity index (χ1n) is 8.64. The summed E-state index contributed by atoms with van der Waals surface area (Å²) in [6, 6.07) is 6.54. The number of sulfonamides is 1. The highest BCUT2D eigenvalue weighted by Gasteiger charge is 2.31. The summed E-state index contributed by atoms with van der Waals surface area (Å²) in [6.45, 7) is 4.34. The molecule has 2 aromatic carbocycles. The number of nitro groups is 2. The first kappa shape index (κ1) is 22.7. The second-order valence-electron chi connectivity index (χ2n) is 6.66. The summed E-state index contributed by atoms with van der Waals surface area (Å²) in [4.78, 5) is 33.8. The fourth-order valence-corrected chi connectivity index (χ4v) is 4.15. The Morgan fingerprint density at radius 1 is 1.10 bits per heavy atom. The van der Waals surface area contributed by atoms with Crippen molar-refractivity contribution in [3.8, 4) is 0 Å². The van der Waals surface area contributed by atoms with Crippen molar-refractivity contribution in [2.75, 3.05) is 15.9 Å². The smallest absolute Gasteiger partial charge is 0.274 e. The second-order valence-corrected chi connectivity index (χ2v) is 8.52. The van der Waals surface area contributed by atoms with Crippen LogP contribution in [-0.2, 0) is 14.8 Å². The van der Waals surface area contributed by atoms with Crippen molar-refractivity contribution in [2.45, 2.75) is 26.8 Å². The van der Waals surface area contributed by atoms with Gasteiger partial charge in [-0.25, -0.2) is 8.42 Å². The predicted molar refractivity (Wildman–Crippen MR) is 111 cm³/mol. The van der Waals surface area contributed by atoms with Crippen molar-refractivity contribution in [3.05, 3.63) is 67.8 Å². The summed E-state index contributed by atoms with van der Waals surface area (Å²) < 4.78 is 25.7. The van der Waals surface area contributed by atoms with Crippen molar-refractivity contribution in [3.63, 3.8) is 0 Å². The van der Waals surface area contributed by atoms with Crippen LogP contribution in [0.2, 0.25) is 0 Å². The Bertz CT molecular complexity index is 1130. The van der Waals surface area contributed by atoms with E-state index in [9.17, 15) is 33.4 Å². The molecule has 1 unspecified atom stereocenters. The number of hydrogen-bond acceptors (Lipinski definition) is 7. The highest BCUT2D eigenvalue weighted by molar-refractivity contribution is 7.92. The zero-order valence-corrected chi connectivity index (χ0v) is 17.5. The van der Waals surface area contributed by atoms with E-state index in [1.165, 1.54) is 44.2 Å². The van der Waals surface area contributed by atoms with Crippen molar-refractivity contribution < 1.29 is 23.1 Å². The van der Waals surface area contributed by atoms with Gasteiger partial charge < -0.3 is 5.32 Å². The van der Waals surface area contributed by atoms with E-state index in [2.05, 4.69) is 5.32 Å². The topological polar surface area (TPSA) is 153 Å². The van der Waals surface area contributed by atoms with Crippen LogP contribution in [0, 0.1) is 34.1 Å². The van der Waals surface area contributed by atoms with E-state index in [0.717, 1.165) is 16.6 Å². The van der Waals surface area contributed by atoms with Gasteiger partial charge in [0.25, 0.3) is 11.4 Å². The number of aryl methyl sites for hydroxylation is 1. The molecular weight excluding hydrogens is 416 g/mol. The van der Waals surface area contributed by atoms with E-state index >= 15 is 0 Å². The van der Waals surface area contributed by atoms with Crippen molar-refractivity contribution in [2.24, 2.45) is 0 Å². The SMILES string of the molecule is Cc1ccc([N+](=O)[O-])cc1N(C(C)C(=O)Nc1cccc([N+](=O)[O-])c1C)S(C)(=O)=O. The highest BCUT2D eigenvalue weighted by atomic mass is 32.2. The van der Waals surface area contributed by atoms with Crippen molar-refractivity contribution in [1.82, 2.24) is 0 Å². The maximum atomic E-state index is 12.8. The second kappa shape index (κ2) is 8.45. The van der Waals surface area contributed by atoms with E-state index in [1.807, 2.05) is 0 Å². The quantitative estimate of drug-likeness (QED) is 0.517. The van der Waals surface area contributed by atoms with E-state index in [-0.39, 0.29) is 28.3 Å². The summed E-state index contributed by atoms with van der Waals surface area (Å²) in [5, 5.41) is 24.7. The third kappa shape index (κ3) is 4.71. The van der Waals surface area contributed by atoms with Crippen LogP contribution in [-0.4, -0.2) is 36.5 Å². The van der Waals surface area contributed by atoms with Gasteiger partial charge in [0.2, 0.25) is 15.9 Å². The standard InChI is InChI=1S/C18H20N4O7S/c1-11-8-9-14(21(24)25)10-17(11)20(30(4,28)29)13(3)18(23)19-15-6-5-7-16(12(15)2)22(26)27/h5-10,13H,1-4H3,(H,19,23). The number of rotatable bonds is 7. The Morgan fingerprint density at radius 3 is 2.27 bits per heavy atom. The summed E-state index contributed by atoms with van der Waals surface area (Å²) >= 11 is 0. The number of carbonyl (C=O) groups is 1. The maximum Gasteiger partial charge on any atom is 0.274 e. The Morgan fingerprint density at radius 2 is 1.73 bits per heavy atom. The average Bonchev–Trinajstić information content (AvgIpc) is 2.63. The van der Waals surface area contributed by atoms with Crippen LogP contribution in [0.5, 0.6) is 0 Å². The van der Waals surface area contributed by atoms with Gasteiger partial charge >= 0.3 is 0 Å². The molecule has 11 nitrogen and oxygen atoms in total. The van der Waals surface area contributed by atoms with E-state index in [4.69, 9.17) is 0 Å². The number of anilines is 2. The molecule has 0 heterocycles. The van der Waals surface area contributed by atoms with E-state index in [0.29, 0.717) is 5.56 Å². The molecule has 0 aliphatic carbocycles. The molecule has 1 N–H and O–H groups in total. The van der Waals surface area contributed by atoms with Gasteiger partial charge in [-0.1, -0.05) is 12.1 Å². The number of nitro benzene ring substituents is 2. The number of carbonyl (C=O) groups excluding carboxylic acids is 1. The molecule has 1 atom stereocenters. The van der Waals surface area contributed by atoms with Crippen LogP contribution in [0.1, 0.15) is 18.1 Å². The lowest BCUT2D eigenvalue weighted by molar-refractivity contribution is -0.385. The summed E-state index contributed by atoms with van der Waals surface area (Å²) in [5.41, 5.74) is 0.245. The molecule has 0 aromatic heterocycles. The number of nitrogens with one attached hydrogen (secondary N) is 1. The molecule has 1 amide bonds. The normalized spacial score (nSPS) is 12.1. The minimum Gasteiger partial charge on any atom is -0.324 e. The molecule has 12 heteroatoms. The maximum absolute atomic E-state index is 12.8. The molecule has 0 fully saturated rings. The number of benzene rings is 2. The van der Waals surface area contributed by atoms with Gasteiger partial charge in [0.05, 0.1) is 33.0 Å². The summed E-state index contributed by atoms with van der Waals surface area (Å²) in [7, 11) is -4.01. The van der Waals surface area contributed by atoms with Crippen LogP contribution in [0.3, 0.4) is 0 Å². The van der Waals surface area contributed by atoms with Gasteiger partial charge in [0, 0.05) is 18.2 Å². The van der Waals surface area contributed by atoms with Crippen molar-refractivity contribution in [1.29, 1.82) is 0 Å². The van der Waals surface area contributed by atoms with Gasteiger partial charge in [-0.3, -0.25) is 29.3 Å². The molecule has 0 saturated heterocycles. The Balaban J connectivity index is 2.47. The minimum absolute atomic E-state index is 0.00915. The molecule has 0 aliphatic heterocycles. The number of hydrogen-bond donors (Lipinski definition) is 1. The summed E-state index contributed by atoms with van der Waals surface area (Å²) in [5.74, 6) is -0.755. The van der Waals surface area contributed by atoms with Crippen molar-refractivity contribution >= 4 is 38.7 Å². The first-order chi connectivity index (χ1) is 13.8. The molecule has 0 radical (unpaired) electrons. The largest absolute Gasteiger partial charge is 0.324 e. The average molecular weight is 436 g/mol. The molecule has 0 saturated carbocycles. The molecule has 0 aliphatic rings.